The maximum absolute atomic E-state index is 13.1. The quantitative estimate of drug-likeness (QED) is 0.542. The van der Waals surface area contributed by atoms with Crippen LogP contribution in [0.4, 0.5) is 4.39 Å². The van der Waals surface area contributed by atoms with Crippen LogP contribution in [0.3, 0.4) is 0 Å². The second-order valence-corrected chi connectivity index (χ2v) is 7.57. The fraction of sp³-hybridized carbons (Fsp3) is 0.333. The maximum Gasteiger partial charge on any atom is 0.311 e. The van der Waals surface area contributed by atoms with Gasteiger partial charge >= 0.3 is 11.8 Å². The summed E-state index contributed by atoms with van der Waals surface area (Å²) >= 11 is 0. The van der Waals surface area contributed by atoms with Crippen molar-refractivity contribution in [3.63, 3.8) is 0 Å². The van der Waals surface area contributed by atoms with E-state index in [9.17, 15) is 23.9 Å². The number of aromatic hydroxyl groups is 1. The first kappa shape index (κ1) is 23.0. The molecule has 1 aromatic carbocycles. The van der Waals surface area contributed by atoms with Gasteiger partial charge in [0, 0.05) is 20.5 Å². The predicted octanol–water partition coefficient (Wildman–Crippen LogP) is 0.553. The highest BCUT2D eigenvalue weighted by Gasteiger charge is 2.33. The van der Waals surface area contributed by atoms with E-state index in [0.717, 1.165) is 4.57 Å². The number of nitrogens with one attached hydrogen (secondary N) is 1. The molecule has 1 atom stereocenters. The average Bonchev–Trinajstić information content (AvgIpc) is 3.15. The van der Waals surface area contributed by atoms with Crippen molar-refractivity contribution in [1.29, 1.82) is 0 Å². The van der Waals surface area contributed by atoms with Gasteiger partial charge in [-0.05, 0) is 17.7 Å². The number of benzene rings is 1. The standard InChI is InChI=1S/C21H21FN6O6/c1-11-25-26-19(34-11)21(32)27(2)14-10-33-8-7-28-17(14)24-15(16(29)20(28)31)18(30)23-9-12-3-5-13(22)6-4-12/h3-6,14,29H,7-10H2,1-2H3,(H,23,30). The predicted molar refractivity (Wildman–Crippen MR) is 112 cm³/mol. The van der Waals surface area contributed by atoms with Crippen molar-refractivity contribution in [3.8, 4) is 5.75 Å². The molecule has 4 rings (SSSR count). The van der Waals surface area contributed by atoms with Gasteiger partial charge in [0.2, 0.25) is 11.6 Å². The van der Waals surface area contributed by atoms with Crippen LogP contribution in [0.1, 0.15) is 44.5 Å². The molecule has 178 valence electrons. The zero-order valence-electron chi connectivity index (χ0n) is 18.3. The Balaban J connectivity index is 1.65. The summed E-state index contributed by atoms with van der Waals surface area (Å²) in [5.74, 6) is -2.69. The van der Waals surface area contributed by atoms with Crippen LogP contribution in [0, 0.1) is 12.7 Å². The van der Waals surface area contributed by atoms with Gasteiger partial charge in [0.05, 0.1) is 19.8 Å². The molecule has 2 amide bonds. The minimum absolute atomic E-state index is 0.0140. The summed E-state index contributed by atoms with van der Waals surface area (Å²) in [6, 6.07) is 4.58. The van der Waals surface area contributed by atoms with E-state index >= 15 is 0 Å². The molecule has 0 bridgehead atoms. The highest BCUT2D eigenvalue weighted by molar-refractivity contribution is 5.94. The lowest BCUT2D eigenvalue weighted by atomic mass is 10.2. The molecule has 0 radical (unpaired) electrons. The largest absolute Gasteiger partial charge is 0.501 e. The molecule has 3 heterocycles. The lowest BCUT2D eigenvalue weighted by Gasteiger charge is -2.26. The number of ether oxygens (including phenoxy) is 1. The second-order valence-electron chi connectivity index (χ2n) is 7.57. The molecular weight excluding hydrogens is 451 g/mol. The van der Waals surface area contributed by atoms with Gasteiger partial charge in [-0.1, -0.05) is 12.1 Å². The van der Waals surface area contributed by atoms with Crippen molar-refractivity contribution in [2.24, 2.45) is 0 Å². The van der Waals surface area contributed by atoms with Crippen LogP contribution in [0.25, 0.3) is 0 Å². The normalized spacial score (nSPS) is 15.3. The van der Waals surface area contributed by atoms with Crippen molar-refractivity contribution < 1.29 is 28.2 Å². The third kappa shape index (κ3) is 4.50. The van der Waals surface area contributed by atoms with Crippen LogP contribution >= 0.6 is 0 Å². The number of aryl methyl sites for hydroxylation is 1. The first-order valence-electron chi connectivity index (χ1n) is 10.3. The fourth-order valence-corrected chi connectivity index (χ4v) is 3.44. The number of rotatable bonds is 5. The molecule has 12 nitrogen and oxygen atoms in total. The van der Waals surface area contributed by atoms with Gasteiger partial charge in [0.15, 0.2) is 5.69 Å². The van der Waals surface area contributed by atoms with Crippen molar-refractivity contribution in [2.45, 2.75) is 26.1 Å². The molecule has 0 spiro atoms. The third-order valence-electron chi connectivity index (χ3n) is 5.29. The summed E-state index contributed by atoms with van der Waals surface area (Å²) in [6.07, 6.45) is 0. The van der Waals surface area contributed by atoms with Gasteiger partial charge in [0.1, 0.15) is 17.7 Å². The lowest BCUT2D eigenvalue weighted by Crippen LogP contribution is -2.38. The highest BCUT2D eigenvalue weighted by atomic mass is 19.1. The molecule has 0 saturated carbocycles. The summed E-state index contributed by atoms with van der Waals surface area (Å²) in [5, 5.41) is 20.3. The molecule has 2 N–H and O–H groups in total. The van der Waals surface area contributed by atoms with E-state index in [2.05, 4.69) is 20.5 Å². The number of aromatic nitrogens is 4. The van der Waals surface area contributed by atoms with E-state index in [0.29, 0.717) is 5.56 Å². The molecule has 0 aliphatic carbocycles. The Bertz CT molecular complexity index is 1290. The topological polar surface area (TPSA) is 153 Å². The zero-order valence-corrected chi connectivity index (χ0v) is 18.3. The van der Waals surface area contributed by atoms with E-state index in [1.54, 1.807) is 0 Å². The van der Waals surface area contributed by atoms with Crippen LogP contribution < -0.4 is 10.9 Å². The number of fused-ring (bicyclic) bond motifs is 1. The number of carbonyl (C=O) groups excluding carboxylic acids is 2. The summed E-state index contributed by atoms with van der Waals surface area (Å²) < 4.78 is 25.0. The molecule has 13 heteroatoms. The minimum atomic E-state index is -0.890. The number of hydrogen-bond donors (Lipinski definition) is 2. The van der Waals surface area contributed by atoms with Gasteiger partial charge in [-0.25, -0.2) is 9.37 Å². The zero-order chi connectivity index (χ0) is 24.4. The molecule has 3 aromatic rings. The number of carbonyl (C=O) groups is 2. The smallest absolute Gasteiger partial charge is 0.311 e. The van der Waals surface area contributed by atoms with Crippen LogP contribution in [-0.4, -0.2) is 61.8 Å². The van der Waals surface area contributed by atoms with E-state index in [1.165, 1.54) is 43.1 Å². The Labute approximate surface area is 192 Å². The Morgan fingerprint density at radius 3 is 2.71 bits per heavy atom. The van der Waals surface area contributed by atoms with Gasteiger partial charge in [0.25, 0.3) is 11.5 Å². The number of likely N-dealkylation sites (N-methyl/N-ethyl adjacent to an activating group) is 1. The molecule has 1 aliphatic heterocycles. The van der Waals surface area contributed by atoms with Crippen molar-refractivity contribution in [3.05, 3.63) is 69.3 Å². The number of halogens is 1. The van der Waals surface area contributed by atoms with Gasteiger partial charge < -0.3 is 24.5 Å². The van der Waals surface area contributed by atoms with Gasteiger partial charge in [-0.2, -0.15) is 0 Å². The number of amides is 2. The highest BCUT2D eigenvalue weighted by Crippen LogP contribution is 2.24. The Morgan fingerprint density at radius 1 is 1.29 bits per heavy atom. The molecular formula is C21H21FN6O6. The average molecular weight is 472 g/mol. The molecule has 0 saturated heterocycles. The Kier molecular flexibility index (Phi) is 6.36. The summed E-state index contributed by atoms with van der Waals surface area (Å²) in [4.78, 5) is 43.9. The van der Waals surface area contributed by atoms with E-state index in [1.807, 2.05) is 0 Å². The molecule has 2 aromatic heterocycles. The maximum atomic E-state index is 13.1. The van der Waals surface area contributed by atoms with Crippen molar-refractivity contribution in [1.82, 2.24) is 30.0 Å². The third-order valence-corrected chi connectivity index (χ3v) is 5.29. The second kappa shape index (κ2) is 9.39. The fourth-order valence-electron chi connectivity index (χ4n) is 3.44. The van der Waals surface area contributed by atoms with Crippen LogP contribution in [0.15, 0.2) is 33.5 Å². The lowest BCUT2D eigenvalue weighted by molar-refractivity contribution is 0.0498. The van der Waals surface area contributed by atoms with Gasteiger partial charge in [-0.3, -0.25) is 19.0 Å². The summed E-state index contributed by atoms with van der Waals surface area (Å²) in [7, 11) is 1.44. The first-order valence-corrected chi connectivity index (χ1v) is 10.3. The Morgan fingerprint density at radius 2 is 2.03 bits per heavy atom. The SMILES string of the molecule is Cc1nnc(C(=O)N(C)C2COCCn3c2nc(C(=O)NCc2ccc(F)cc2)c(O)c3=O)o1. The van der Waals surface area contributed by atoms with Crippen LogP contribution in [-0.2, 0) is 17.8 Å². The number of nitrogens with zero attached hydrogens (tertiary/aromatic N) is 5. The minimum Gasteiger partial charge on any atom is -0.501 e. The molecule has 0 fully saturated rings. The summed E-state index contributed by atoms with van der Waals surface area (Å²) in [6.45, 7) is 1.71. The Hall–Kier alpha value is -4.13. The van der Waals surface area contributed by atoms with Gasteiger partial charge in [-0.15, -0.1) is 10.2 Å². The van der Waals surface area contributed by atoms with Crippen molar-refractivity contribution in [2.75, 3.05) is 20.3 Å². The van der Waals surface area contributed by atoms with Crippen LogP contribution in [0.5, 0.6) is 5.75 Å². The molecule has 1 unspecified atom stereocenters. The van der Waals surface area contributed by atoms with Crippen molar-refractivity contribution >= 4 is 11.8 Å². The monoisotopic (exact) mass is 472 g/mol. The first-order chi connectivity index (χ1) is 16.3. The number of hydrogen-bond acceptors (Lipinski definition) is 9. The summed E-state index contributed by atoms with van der Waals surface area (Å²) in [5.41, 5.74) is -0.742. The van der Waals surface area contributed by atoms with E-state index in [-0.39, 0.29) is 43.9 Å². The van der Waals surface area contributed by atoms with Crippen LogP contribution in [0.2, 0.25) is 0 Å². The molecule has 1 aliphatic rings. The van der Waals surface area contributed by atoms with E-state index in [4.69, 9.17) is 9.15 Å². The van der Waals surface area contributed by atoms with E-state index < -0.39 is 40.7 Å². The molecule has 34 heavy (non-hydrogen) atoms.